The Morgan fingerprint density at radius 1 is 1.18 bits per heavy atom. The molecule has 0 bridgehead atoms. The Bertz CT molecular complexity index is 637. The summed E-state index contributed by atoms with van der Waals surface area (Å²) in [6, 6.07) is 7.71. The minimum Gasteiger partial charge on any atom is -0.355 e. The molecule has 0 saturated carbocycles. The third kappa shape index (κ3) is 4.31. The van der Waals surface area contributed by atoms with Gasteiger partial charge in [-0.2, -0.15) is 0 Å². The number of hydrogen-bond donors (Lipinski definition) is 3. The number of H-pyrrole nitrogens is 1. The summed E-state index contributed by atoms with van der Waals surface area (Å²) in [6.07, 6.45) is 0.252. The van der Waals surface area contributed by atoms with Gasteiger partial charge in [0, 0.05) is 18.4 Å². The predicted molar refractivity (Wildman–Crippen MR) is 85.0 cm³/mol. The summed E-state index contributed by atoms with van der Waals surface area (Å²) in [7, 11) is 0. The average molecular weight is 302 g/mol. The molecular weight excluding hydrogens is 280 g/mol. The second-order valence-electron chi connectivity index (χ2n) is 6.23. The van der Waals surface area contributed by atoms with Crippen LogP contribution in [0.2, 0.25) is 0 Å². The summed E-state index contributed by atoms with van der Waals surface area (Å²) in [6.45, 7) is 6.20. The Hall–Kier alpha value is -2.37. The molecule has 2 rings (SSSR count). The number of rotatable bonds is 5. The second-order valence-corrected chi connectivity index (χ2v) is 6.23. The van der Waals surface area contributed by atoms with Crippen LogP contribution in [0.5, 0.6) is 0 Å². The summed E-state index contributed by atoms with van der Waals surface area (Å²) in [5, 5.41) is 5.54. The Morgan fingerprint density at radius 3 is 2.59 bits per heavy atom. The van der Waals surface area contributed by atoms with Crippen LogP contribution in [-0.4, -0.2) is 28.3 Å². The number of fused-ring (bicyclic) bond motifs is 1. The van der Waals surface area contributed by atoms with Gasteiger partial charge in [0.1, 0.15) is 5.82 Å². The molecule has 0 aliphatic heterocycles. The molecule has 0 spiro atoms. The normalized spacial score (nSPS) is 11.4. The molecule has 1 aromatic heterocycles. The van der Waals surface area contributed by atoms with E-state index in [1.807, 2.05) is 45.0 Å². The topological polar surface area (TPSA) is 86.9 Å². The van der Waals surface area contributed by atoms with Crippen LogP contribution in [-0.2, 0) is 16.1 Å². The van der Waals surface area contributed by atoms with Gasteiger partial charge in [-0.25, -0.2) is 4.98 Å². The Labute approximate surface area is 129 Å². The number of carbonyl (C=O) groups excluding carboxylic acids is 2. The fraction of sp³-hybridized carbons (Fsp3) is 0.438. The monoisotopic (exact) mass is 302 g/mol. The Balaban J connectivity index is 1.75. The van der Waals surface area contributed by atoms with Crippen molar-refractivity contribution >= 4 is 22.8 Å². The van der Waals surface area contributed by atoms with E-state index >= 15 is 0 Å². The fourth-order valence-corrected chi connectivity index (χ4v) is 1.91. The molecule has 6 nitrogen and oxygen atoms in total. The van der Waals surface area contributed by atoms with Gasteiger partial charge in [0.05, 0.1) is 17.6 Å². The molecule has 3 N–H and O–H groups in total. The largest absolute Gasteiger partial charge is 0.355 e. The highest BCUT2D eigenvalue weighted by Gasteiger charge is 2.20. The third-order valence-corrected chi connectivity index (χ3v) is 3.21. The van der Waals surface area contributed by atoms with Crippen molar-refractivity contribution in [1.82, 2.24) is 20.6 Å². The molecular formula is C16H22N4O2. The average Bonchev–Trinajstić information content (AvgIpc) is 2.86. The first-order valence-electron chi connectivity index (χ1n) is 7.35. The number of imidazole rings is 1. The van der Waals surface area contributed by atoms with E-state index in [1.54, 1.807) is 0 Å². The minimum absolute atomic E-state index is 0.0578. The van der Waals surface area contributed by atoms with Crippen LogP contribution in [0.1, 0.15) is 33.0 Å². The van der Waals surface area contributed by atoms with Crippen LogP contribution in [0.25, 0.3) is 11.0 Å². The third-order valence-electron chi connectivity index (χ3n) is 3.21. The quantitative estimate of drug-likeness (QED) is 0.786. The number of carbonyl (C=O) groups is 2. The number of aromatic nitrogens is 2. The molecule has 0 fully saturated rings. The van der Waals surface area contributed by atoms with Gasteiger partial charge >= 0.3 is 0 Å². The maximum atomic E-state index is 11.8. The number of benzene rings is 1. The second kappa shape index (κ2) is 6.60. The van der Waals surface area contributed by atoms with E-state index in [1.165, 1.54) is 0 Å². The molecule has 118 valence electrons. The highest BCUT2D eigenvalue weighted by atomic mass is 16.2. The van der Waals surface area contributed by atoms with Crippen LogP contribution in [0.4, 0.5) is 0 Å². The molecule has 0 saturated heterocycles. The van der Waals surface area contributed by atoms with E-state index in [4.69, 9.17) is 0 Å². The lowest BCUT2D eigenvalue weighted by molar-refractivity contribution is -0.128. The number of nitrogens with one attached hydrogen (secondary N) is 3. The molecule has 2 amide bonds. The first kappa shape index (κ1) is 16.0. The predicted octanol–water partition coefficient (Wildman–Crippen LogP) is 1.73. The van der Waals surface area contributed by atoms with Crippen LogP contribution in [0, 0.1) is 5.41 Å². The van der Waals surface area contributed by atoms with Crippen molar-refractivity contribution in [1.29, 1.82) is 0 Å². The van der Waals surface area contributed by atoms with E-state index in [0.29, 0.717) is 18.9 Å². The maximum Gasteiger partial charge on any atom is 0.225 e. The lowest BCUT2D eigenvalue weighted by Gasteiger charge is -2.17. The zero-order valence-electron chi connectivity index (χ0n) is 13.2. The van der Waals surface area contributed by atoms with Gasteiger partial charge in [0.2, 0.25) is 11.8 Å². The number of para-hydroxylation sites is 2. The van der Waals surface area contributed by atoms with E-state index in [9.17, 15) is 9.59 Å². The van der Waals surface area contributed by atoms with Crippen molar-refractivity contribution in [2.45, 2.75) is 33.7 Å². The molecule has 0 aliphatic rings. The van der Waals surface area contributed by atoms with Crippen molar-refractivity contribution in [2.24, 2.45) is 5.41 Å². The molecule has 0 aliphatic carbocycles. The molecule has 22 heavy (non-hydrogen) atoms. The SMILES string of the molecule is CC(C)(C)C(=O)NCCC(=O)NCc1nc2ccccc2[nH]1. The number of hydrogen-bond acceptors (Lipinski definition) is 3. The minimum atomic E-state index is -0.440. The summed E-state index contributed by atoms with van der Waals surface area (Å²) in [5.41, 5.74) is 1.39. The van der Waals surface area contributed by atoms with Crippen LogP contribution < -0.4 is 10.6 Å². The number of nitrogens with zero attached hydrogens (tertiary/aromatic N) is 1. The zero-order chi connectivity index (χ0) is 16.2. The van der Waals surface area contributed by atoms with E-state index in [-0.39, 0.29) is 18.2 Å². The van der Waals surface area contributed by atoms with Crippen molar-refractivity contribution in [2.75, 3.05) is 6.54 Å². The molecule has 0 radical (unpaired) electrons. The van der Waals surface area contributed by atoms with Gasteiger partial charge in [0.15, 0.2) is 0 Å². The van der Waals surface area contributed by atoms with Gasteiger partial charge in [0.25, 0.3) is 0 Å². The summed E-state index contributed by atoms with van der Waals surface area (Å²) >= 11 is 0. The van der Waals surface area contributed by atoms with E-state index in [2.05, 4.69) is 20.6 Å². The van der Waals surface area contributed by atoms with Gasteiger partial charge in [-0.3, -0.25) is 9.59 Å². The smallest absolute Gasteiger partial charge is 0.225 e. The molecule has 0 atom stereocenters. The fourth-order valence-electron chi connectivity index (χ4n) is 1.91. The van der Waals surface area contributed by atoms with Gasteiger partial charge < -0.3 is 15.6 Å². The lowest BCUT2D eigenvalue weighted by Crippen LogP contribution is -2.37. The van der Waals surface area contributed by atoms with Crippen molar-refractivity contribution in [3.8, 4) is 0 Å². The Morgan fingerprint density at radius 2 is 1.91 bits per heavy atom. The first-order chi connectivity index (χ1) is 10.4. The van der Waals surface area contributed by atoms with Gasteiger partial charge in [-0.1, -0.05) is 32.9 Å². The van der Waals surface area contributed by atoms with Crippen molar-refractivity contribution in [3.05, 3.63) is 30.1 Å². The maximum absolute atomic E-state index is 11.8. The highest BCUT2D eigenvalue weighted by Crippen LogP contribution is 2.12. The molecule has 6 heteroatoms. The van der Waals surface area contributed by atoms with Crippen LogP contribution >= 0.6 is 0 Å². The summed E-state index contributed by atoms with van der Waals surface area (Å²) in [5.74, 6) is 0.542. The van der Waals surface area contributed by atoms with Crippen molar-refractivity contribution in [3.63, 3.8) is 0 Å². The zero-order valence-corrected chi connectivity index (χ0v) is 13.2. The lowest BCUT2D eigenvalue weighted by atomic mass is 9.96. The van der Waals surface area contributed by atoms with Crippen molar-refractivity contribution < 1.29 is 9.59 Å². The van der Waals surface area contributed by atoms with Gasteiger partial charge in [-0.05, 0) is 12.1 Å². The standard InChI is InChI=1S/C16H22N4O2/c1-16(2,3)15(22)17-9-8-14(21)18-10-13-19-11-6-4-5-7-12(11)20-13/h4-7H,8-10H2,1-3H3,(H,17,22)(H,18,21)(H,19,20). The van der Waals surface area contributed by atoms with E-state index < -0.39 is 5.41 Å². The summed E-state index contributed by atoms with van der Waals surface area (Å²) < 4.78 is 0. The molecule has 2 aromatic rings. The number of amides is 2. The first-order valence-corrected chi connectivity index (χ1v) is 7.35. The van der Waals surface area contributed by atoms with Gasteiger partial charge in [-0.15, -0.1) is 0 Å². The van der Waals surface area contributed by atoms with Crippen LogP contribution in [0.3, 0.4) is 0 Å². The van der Waals surface area contributed by atoms with E-state index in [0.717, 1.165) is 11.0 Å². The number of aromatic amines is 1. The Kier molecular flexibility index (Phi) is 4.80. The highest BCUT2D eigenvalue weighted by molar-refractivity contribution is 5.82. The molecule has 1 heterocycles. The van der Waals surface area contributed by atoms with Crippen LogP contribution in [0.15, 0.2) is 24.3 Å². The molecule has 1 aromatic carbocycles. The summed E-state index contributed by atoms with van der Waals surface area (Å²) in [4.78, 5) is 31.0. The molecule has 0 unspecified atom stereocenters.